The lowest BCUT2D eigenvalue weighted by molar-refractivity contribution is 0.223. The summed E-state index contributed by atoms with van der Waals surface area (Å²) in [6.45, 7) is 7.73. The maximum absolute atomic E-state index is 12.2. The summed E-state index contributed by atoms with van der Waals surface area (Å²) >= 11 is 0. The highest BCUT2D eigenvalue weighted by atomic mass is 32.2. The molecule has 4 rings (SSSR count). The number of nitrogens with zero attached hydrogens (tertiary/aromatic N) is 2. The Balaban J connectivity index is 1.66. The monoisotopic (exact) mass is 468 g/mol. The molecule has 2 aromatic heterocycles. The second-order valence-corrected chi connectivity index (χ2v) is 9.58. The summed E-state index contributed by atoms with van der Waals surface area (Å²) < 4.78 is 32.7. The number of ether oxygens (including phenoxy) is 1. The van der Waals surface area contributed by atoms with Gasteiger partial charge in [-0.05, 0) is 62.6 Å². The number of benzene rings is 2. The number of sulfonamides is 1. The molecule has 0 amide bonds. The van der Waals surface area contributed by atoms with Crippen molar-refractivity contribution in [2.45, 2.75) is 18.7 Å². The third-order valence-electron chi connectivity index (χ3n) is 5.82. The molecule has 0 saturated carbocycles. The number of rotatable bonds is 9. The number of hydrogen-bond acceptors (Lipinski definition) is 6. The van der Waals surface area contributed by atoms with Crippen LogP contribution in [0.2, 0.25) is 0 Å². The number of pyridine rings is 1. The van der Waals surface area contributed by atoms with Gasteiger partial charge in [-0.15, -0.1) is 0 Å². The molecule has 0 saturated heterocycles. The number of likely N-dealkylation sites (N-methyl/N-ethyl adjacent to an activating group) is 1. The van der Waals surface area contributed by atoms with Crippen molar-refractivity contribution in [3.05, 3.63) is 48.5 Å². The lowest BCUT2D eigenvalue weighted by atomic mass is 10.1. The Kier molecular flexibility index (Phi) is 6.55. The van der Waals surface area contributed by atoms with Gasteiger partial charge in [0.1, 0.15) is 12.4 Å². The van der Waals surface area contributed by atoms with Crippen molar-refractivity contribution >= 4 is 31.8 Å². The largest absolute Gasteiger partial charge is 0.494 e. The topological polar surface area (TPSA) is 108 Å². The first-order valence-corrected chi connectivity index (χ1v) is 12.4. The van der Waals surface area contributed by atoms with Crippen LogP contribution in [0.15, 0.2) is 53.4 Å². The first-order chi connectivity index (χ1) is 15.9. The first kappa shape index (κ1) is 23.0. The SMILES string of the molecule is CCN(CC)CCOc1ccc2nc(-c3c(O)[nH]c4ccc(S(=O)(=O)NC)cc34)ccc2c1. The van der Waals surface area contributed by atoms with E-state index in [2.05, 4.69) is 28.5 Å². The fourth-order valence-corrected chi connectivity index (χ4v) is 4.62. The molecule has 2 aromatic carbocycles. The lowest BCUT2D eigenvalue weighted by Gasteiger charge is -2.18. The van der Waals surface area contributed by atoms with E-state index in [4.69, 9.17) is 9.72 Å². The summed E-state index contributed by atoms with van der Waals surface area (Å²) in [6, 6.07) is 14.1. The molecule has 0 unspecified atom stereocenters. The Bertz CT molecular complexity index is 1390. The molecule has 2 heterocycles. The van der Waals surface area contributed by atoms with Gasteiger partial charge in [-0.1, -0.05) is 19.9 Å². The van der Waals surface area contributed by atoms with Gasteiger partial charge in [0.05, 0.1) is 21.7 Å². The van der Waals surface area contributed by atoms with Gasteiger partial charge in [0.25, 0.3) is 0 Å². The molecule has 0 fully saturated rings. The minimum atomic E-state index is -3.62. The van der Waals surface area contributed by atoms with E-state index in [0.29, 0.717) is 28.8 Å². The van der Waals surface area contributed by atoms with Crippen molar-refractivity contribution in [3.8, 4) is 22.9 Å². The Morgan fingerprint density at radius 2 is 1.88 bits per heavy atom. The Hall–Kier alpha value is -3.14. The number of aromatic amines is 1. The molecule has 3 N–H and O–H groups in total. The van der Waals surface area contributed by atoms with E-state index in [0.717, 1.165) is 36.3 Å². The second-order valence-electron chi connectivity index (χ2n) is 7.69. The van der Waals surface area contributed by atoms with Crippen LogP contribution < -0.4 is 9.46 Å². The van der Waals surface area contributed by atoms with Crippen molar-refractivity contribution in [3.63, 3.8) is 0 Å². The highest BCUT2D eigenvalue weighted by molar-refractivity contribution is 7.89. The number of fused-ring (bicyclic) bond motifs is 2. The molecule has 8 nitrogen and oxygen atoms in total. The van der Waals surface area contributed by atoms with E-state index in [9.17, 15) is 13.5 Å². The van der Waals surface area contributed by atoms with E-state index in [1.54, 1.807) is 6.07 Å². The van der Waals surface area contributed by atoms with Crippen LogP contribution in [0.4, 0.5) is 0 Å². The van der Waals surface area contributed by atoms with E-state index in [1.165, 1.54) is 19.2 Å². The predicted octanol–water partition coefficient (Wildman–Crippen LogP) is 3.72. The van der Waals surface area contributed by atoms with Gasteiger partial charge in [0.15, 0.2) is 5.88 Å². The van der Waals surface area contributed by atoms with Gasteiger partial charge >= 0.3 is 0 Å². The average molecular weight is 469 g/mol. The lowest BCUT2D eigenvalue weighted by Crippen LogP contribution is -2.27. The molecule has 9 heteroatoms. The van der Waals surface area contributed by atoms with Crippen LogP contribution >= 0.6 is 0 Å². The molecule has 0 aliphatic rings. The minimum Gasteiger partial charge on any atom is -0.494 e. The smallest absolute Gasteiger partial charge is 0.240 e. The number of nitrogens with one attached hydrogen (secondary N) is 2. The van der Waals surface area contributed by atoms with Gasteiger partial charge in [-0.3, -0.25) is 0 Å². The zero-order valence-corrected chi connectivity index (χ0v) is 19.7. The predicted molar refractivity (Wildman–Crippen MR) is 130 cm³/mol. The van der Waals surface area contributed by atoms with Crippen LogP contribution in [0.25, 0.3) is 33.1 Å². The third-order valence-corrected chi connectivity index (χ3v) is 7.23. The maximum Gasteiger partial charge on any atom is 0.240 e. The van der Waals surface area contributed by atoms with Crippen molar-refractivity contribution in [2.24, 2.45) is 0 Å². The summed E-state index contributed by atoms with van der Waals surface area (Å²) in [6.07, 6.45) is 0. The average Bonchev–Trinajstić information content (AvgIpc) is 3.16. The highest BCUT2D eigenvalue weighted by Gasteiger charge is 2.18. The quantitative estimate of drug-likeness (QED) is 0.346. The normalized spacial score (nSPS) is 12.1. The van der Waals surface area contributed by atoms with Crippen LogP contribution in [-0.4, -0.2) is 61.7 Å². The first-order valence-electron chi connectivity index (χ1n) is 10.9. The van der Waals surface area contributed by atoms with Crippen LogP contribution in [0.5, 0.6) is 11.6 Å². The number of hydrogen-bond donors (Lipinski definition) is 3. The van der Waals surface area contributed by atoms with Crippen molar-refractivity contribution < 1.29 is 18.3 Å². The van der Waals surface area contributed by atoms with Crippen LogP contribution in [0.3, 0.4) is 0 Å². The second kappa shape index (κ2) is 9.38. The molecule has 0 aliphatic heterocycles. The zero-order valence-electron chi connectivity index (χ0n) is 18.9. The van der Waals surface area contributed by atoms with Gasteiger partial charge in [0.2, 0.25) is 10.0 Å². The molecule has 0 radical (unpaired) electrons. The molecule has 0 spiro atoms. The van der Waals surface area contributed by atoms with E-state index < -0.39 is 10.0 Å². The summed E-state index contributed by atoms with van der Waals surface area (Å²) in [7, 11) is -2.26. The molecule has 0 atom stereocenters. The summed E-state index contributed by atoms with van der Waals surface area (Å²) in [5.41, 5.74) is 2.37. The van der Waals surface area contributed by atoms with Gasteiger partial charge in [-0.2, -0.15) is 0 Å². The summed E-state index contributed by atoms with van der Waals surface area (Å²) in [5, 5.41) is 12.0. The molecule has 174 valence electrons. The van der Waals surface area contributed by atoms with E-state index >= 15 is 0 Å². The van der Waals surface area contributed by atoms with Crippen LogP contribution in [0.1, 0.15) is 13.8 Å². The molecular formula is C24H28N4O4S. The van der Waals surface area contributed by atoms with E-state index in [-0.39, 0.29) is 10.8 Å². The zero-order chi connectivity index (χ0) is 23.6. The minimum absolute atomic E-state index is 0.0628. The molecule has 33 heavy (non-hydrogen) atoms. The molecule has 0 bridgehead atoms. The van der Waals surface area contributed by atoms with Gasteiger partial charge in [0, 0.05) is 22.8 Å². The van der Waals surface area contributed by atoms with Crippen LogP contribution in [0, 0.1) is 0 Å². The van der Waals surface area contributed by atoms with Gasteiger partial charge in [-0.25, -0.2) is 18.1 Å². The standard InChI is InChI=1S/C24H28N4O4S/c1-4-28(5-2)12-13-32-17-7-10-20-16(14-17)6-9-22(26-20)23-19-15-18(33(30,31)25-3)8-11-21(19)27-24(23)29/h6-11,14-15,25,27,29H,4-5,12-13H2,1-3H3. The van der Waals surface area contributed by atoms with Crippen molar-refractivity contribution in [1.29, 1.82) is 0 Å². The Morgan fingerprint density at radius 1 is 1.09 bits per heavy atom. The fourth-order valence-electron chi connectivity index (χ4n) is 3.87. The summed E-state index contributed by atoms with van der Waals surface area (Å²) in [4.78, 5) is 10.0. The van der Waals surface area contributed by atoms with Crippen molar-refractivity contribution in [2.75, 3.05) is 33.3 Å². The maximum atomic E-state index is 12.2. The Morgan fingerprint density at radius 3 is 2.61 bits per heavy atom. The number of H-pyrrole nitrogens is 1. The molecular weight excluding hydrogens is 440 g/mol. The molecule has 0 aliphatic carbocycles. The third kappa shape index (κ3) is 4.66. The highest BCUT2D eigenvalue weighted by Crippen LogP contribution is 2.37. The number of aromatic nitrogens is 2. The number of aromatic hydroxyl groups is 1. The van der Waals surface area contributed by atoms with Crippen molar-refractivity contribution in [1.82, 2.24) is 19.6 Å². The summed E-state index contributed by atoms with van der Waals surface area (Å²) in [5.74, 6) is 0.716. The fraction of sp³-hybridized carbons (Fsp3) is 0.292. The van der Waals surface area contributed by atoms with Crippen LogP contribution in [-0.2, 0) is 10.0 Å². The van der Waals surface area contributed by atoms with Gasteiger partial charge < -0.3 is 19.7 Å². The Labute approximate surface area is 193 Å². The molecule has 4 aromatic rings. The van der Waals surface area contributed by atoms with E-state index in [1.807, 2.05) is 30.3 Å².